The van der Waals surface area contributed by atoms with E-state index in [9.17, 15) is 4.79 Å². The van der Waals surface area contributed by atoms with Crippen LogP contribution in [0.5, 0.6) is 5.75 Å². The van der Waals surface area contributed by atoms with E-state index in [1.165, 1.54) is 0 Å². The van der Waals surface area contributed by atoms with Gasteiger partial charge in [-0.1, -0.05) is 36.7 Å². The smallest absolute Gasteiger partial charge is 0.170 e. The Bertz CT molecular complexity index is 563. The molecule has 2 aliphatic rings. The Morgan fingerprint density at radius 3 is 2.52 bits per heavy atom. The first-order chi connectivity index (χ1) is 9.79. The van der Waals surface area contributed by atoms with E-state index < -0.39 is 0 Å². The molecule has 1 heterocycles. The Kier molecular flexibility index (Phi) is 3.67. The molecule has 0 atom stereocenters. The zero-order valence-corrected chi connectivity index (χ0v) is 14.6. The highest BCUT2D eigenvalue weighted by molar-refractivity contribution is 9.10. The minimum Gasteiger partial charge on any atom is -0.486 e. The van der Waals surface area contributed by atoms with E-state index in [1.807, 2.05) is 18.2 Å². The topological polar surface area (TPSA) is 26.3 Å². The molecule has 21 heavy (non-hydrogen) atoms. The fourth-order valence-electron chi connectivity index (χ4n) is 3.76. The fraction of sp³-hybridized carbons (Fsp3) is 0.611. The van der Waals surface area contributed by atoms with E-state index in [0.717, 1.165) is 47.4 Å². The van der Waals surface area contributed by atoms with Crippen molar-refractivity contribution in [1.29, 1.82) is 0 Å². The van der Waals surface area contributed by atoms with Crippen LogP contribution in [0.2, 0.25) is 0 Å². The van der Waals surface area contributed by atoms with Crippen LogP contribution in [0.3, 0.4) is 0 Å². The molecule has 0 amide bonds. The van der Waals surface area contributed by atoms with Gasteiger partial charge < -0.3 is 4.74 Å². The monoisotopic (exact) mass is 350 g/mol. The minimum absolute atomic E-state index is 0.234. The van der Waals surface area contributed by atoms with Gasteiger partial charge in [-0.15, -0.1) is 0 Å². The lowest BCUT2D eigenvalue weighted by atomic mass is 9.66. The molecule has 1 aromatic rings. The number of carbonyl (C=O) groups excluding carboxylic acids is 1. The molecule has 2 nitrogen and oxygen atoms in total. The molecule has 3 rings (SSSR count). The maximum atomic E-state index is 12.5. The summed E-state index contributed by atoms with van der Waals surface area (Å²) >= 11 is 3.47. The van der Waals surface area contributed by atoms with Crippen LogP contribution in [-0.4, -0.2) is 11.4 Å². The van der Waals surface area contributed by atoms with Crippen LogP contribution in [0.1, 0.15) is 63.2 Å². The standard InChI is InChI=1S/C18H23BrO2/c1-17(2,3)12-6-8-18(9-7-12)11-15(20)14-5-4-13(19)10-16(14)21-18/h4-5,10,12H,6-9,11H2,1-3H3. The largest absolute Gasteiger partial charge is 0.486 e. The van der Waals surface area contributed by atoms with E-state index in [-0.39, 0.29) is 11.4 Å². The molecule has 1 saturated carbocycles. The molecule has 0 N–H and O–H groups in total. The molecule has 3 heteroatoms. The van der Waals surface area contributed by atoms with E-state index in [2.05, 4.69) is 36.7 Å². The third kappa shape index (κ3) is 2.90. The average molecular weight is 351 g/mol. The highest BCUT2D eigenvalue weighted by atomic mass is 79.9. The molecule has 1 spiro atoms. The van der Waals surface area contributed by atoms with E-state index in [1.54, 1.807) is 0 Å². The van der Waals surface area contributed by atoms with Crippen LogP contribution >= 0.6 is 15.9 Å². The number of carbonyl (C=O) groups is 1. The summed E-state index contributed by atoms with van der Waals surface area (Å²) in [5.41, 5.74) is 0.829. The SMILES string of the molecule is CC(C)(C)C1CCC2(CC1)CC(=O)c1ccc(Br)cc1O2. The summed E-state index contributed by atoms with van der Waals surface area (Å²) in [5, 5.41) is 0. The van der Waals surface area contributed by atoms with Gasteiger partial charge in [-0.05, 0) is 55.2 Å². The first-order valence-electron chi connectivity index (χ1n) is 7.81. The third-order valence-electron chi connectivity index (χ3n) is 5.17. The maximum Gasteiger partial charge on any atom is 0.170 e. The Morgan fingerprint density at radius 1 is 1.24 bits per heavy atom. The van der Waals surface area contributed by atoms with Gasteiger partial charge in [0, 0.05) is 4.47 Å². The van der Waals surface area contributed by atoms with Crippen molar-refractivity contribution in [2.45, 2.75) is 58.5 Å². The normalized spacial score (nSPS) is 29.1. The number of hydrogen-bond acceptors (Lipinski definition) is 2. The first kappa shape index (κ1) is 15.1. The van der Waals surface area contributed by atoms with Crippen LogP contribution in [0.15, 0.2) is 22.7 Å². The molecule has 1 aliphatic heterocycles. The second kappa shape index (κ2) is 5.12. The van der Waals surface area contributed by atoms with Crippen LogP contribution in [0, 0.1) is 11.3 Å². The molecule has 1 aliphatic carbocycles. The Balaban J connectivity index is 1.82. The van der Waals surface area contributed by atoms with Gasteiger partial charge in [0.1, 0.15) is 11.4 Å². The molecular weight excluding hydrogens is 328 g/mol. The summed E-state index contributed by atoms with van der Waals surface area (Å²) in [4.78, 5) is 12.5. The molecule has 1 aromatic carbocycles. The first-order valence-corrected chi connectivity index (χ1v) is 8.60. The Morgan fingerprint density at radius 2 is 1.90 bits per heavy atom. The van der Waals surface area contributed by atoms with Crippen molar-refractivity contribution in [1.82, 2.24) is 0 Å². The number of benzene rings is 1. The fourth-order valence-corrected chi connectivity index (χ4v) is 4.10. The van der Waals surface area contributed by atoms with Gasteiger partial charge in [-0.3, -0.25) is 4.79 Å². The number of ether oxygens (including phenoxy) is 1. The van der Waals surface area contributed by atoms with Crippen LogP contribution in [0.4, 0.5) is 0 Å². The van der Waals surface area contributed by atoms with Crippen LogP contribution < -0.4 is 4.74 Å². The molecule has 114 valence electrons. The highest BCUT2D eigenvalue weighted by Crippen LogP contribution is 2.47. The molecule has 0 aromatic heterocycles. The molecule has 0 radical (unpaired) electrons. The van der Waals surface area contributed by atoms with Gasteiger partial charge in [0.15, 0.2) is 5.78 Å². The molecular formula is C18H23BrO2. The van der Waals surface area contributed by atoms with E-state index in [4.69, 9.17) is 4.74 Å². The number of ketones is 1. The van der Waals surface area contributed by atoms with Gasteiger partial charge in [-0.25, -0.2) is 0 Å². The summed E-state index contributed by atoms with van der Waals surface area (Å²) in [6, 6.07) is 5.72. The van der Waals surface area contributed by atoms with Crippen LogP contribution in [0.25, 0.3) is 0 Å². The number of halogens is 1. The number of fused-ring (bicyclic) bond motifs is 1. The van der Waals surface area contributed by atoms with E-state index >= 15 is 0 Å². The third-order valence-corrected chi connectivity index (χ3v) is 5.67. The zero-order chi connectivity index (χ0) is 15.3. The van der Waals surface area contributed by atoms with Crippen molar-refractivity contribution in [2.24, 2.45) is 11.3 Å². The predicted molar refractivity (Wildman–Crippen MR) is 87.9 cm³/mol. The van der Waals surface area contributed by atoms with Gasteiger partial charge in [0.25, 0.3) is 0 Å². The Labute approximate surface area is 135 Å². The van der Waals surface area contributed by atoms with Gasteiger partial charge in [0.05, 0.1) is 12.0 Å². The summed E-state index contributed by atoms with van der Waals surface area (Å²) < 4.78 is 7.29. The van der Waals surface area contributed by atoms with Crippen molar-refractivity contribution in [3.05, 3.63) is 28.2 Å². The second-order valence-corrected chi connectivity index (χ2v) is 8.58. The van der Waals surface area contributed by atoms with Crippen molar-refractivity contribution >= 4 is 21.7 Å². The molecule has 0 bridgehead atoms. The van der Waals surface area contributed by atoms with E-state index in [0.29, 0.717) is 11.8 Å². The average Bonchev–Trinajstić information content (AvgIpc) is 2.37. The molecule has 0 unspecified atom stereocenters. The van der Waals surface area contributed by atoms with Crippen molar-refractivity contribution in [2.75, 3.05) is 0 Å². The van der Waals surface area contributed by atoms with Gasteiger partial charge >= 0.3 is 0 Å². The summed E-state index contributed by atoms with van der Waals surface area (Å²) in [5.74, 6) is 1.72. The van der Waals surface area contributed by atoms with Gasteiger partial charge in [0.2, 0.25) is 0 Å². The zero-order valence-electron chi connectivity index (χ0n) is 13.0. The lowest BCUT2D eigenvalue weighted by Crippen LogP contribution is -2.46. The number of hydrogen-bond donors (Lipinski definition) is 0. The Hall–Kier alpha value is -0.830. The quantitative estimate of drug-likeness (QED) is 0.626. The summed E-state index contributed by atoms with van der Waals surface area (Å²) in [6.07, 6.45) is 4.83. The summed E-state index contributed by atoms with van der Waals surface area (Å²) in [7, 11) is 0. The lowest BCUT2D eigenvalue weighted by Gasteiger charge is -2.45. The van der Waals surface area contributed by atoms with Crippen molar-refractivity contribution in [3.8, 4) is 5.75 Å². The lowest BCUT2D eigenvalue weighted by molar-refractivity contribution is -0.0128. The second-order valence-electron chi connectivity index (χ2n) is 7.67. The summed E-state index contributed by atoms with van der Waals surface area (Å²) in [6.45, 7) is 6.94. The predicted octanol–water partition coefficient (Wildman–Crippen LogP) is 5.39. The van der Waals surface area contributed by atoms with Crippen LogP contribution in [-0.2, 0) is 0 Å². The van der Waals surface area contributed by atoms with Gasteiger partial charge in [-0.2, -0.15) is 0 Å². The maximum absolute atomic E-state index is 12.5. The highest BCUT2D eigenvalue weighted by Gasteiger charge is 2.44. The number of rotatable bonds is 0. The van der Waals surface area contributed by atoms with Crippen molar-refractivity contribution < 1.29 is 9.53 Å². The number of Topliss-reactive ketones (excluding diaryl/α,β-unsaturated/α-hetero) is 1. The molecule has 0 saturated heterocycles. The minimum atomic E-state index is -0.257. The molecule has 1 fully saturated rings. The van der Waals surface area contributed by atoms with Crippen molar-refractivity contribution in [3.63, 3.8) is 0 Å².